The number of likely N-dealkylation sites (N-methyl/N-ethyl adjacent to an activating group) is 1. The Bertz CT molecular complexity index is 241. The third-order valence-corrected chi connectivity index (χ3v) is 2.49. The van der Waals surface area contributed by atoms with Gasteiger partial charge < -0.3 is 15.3 Å². The molecule has 2 atom stereocenters. The molecule has 0 radical (unpaired) electrons. The molecule has 0 unspecified atom stereocenters. The van der Waals surface area contributed by atoms with Crippen LogP contribution in [-0.4, -0.2) is 48.2 Å². The van der Waals surface area contributed by atoms with E-state index in [2.05, 4.69) is 26.1 Å². The van der Waals surface area contributed by atoms with Gasteiger partial charge in [0.25, 0.3) is 0 Å². The molecule has 1 rings (SSSR count). The van der Waals surface area contributed by atoms with Gasteiger partial charge in [-0.1, -0.05) is 20.8 Å². The zero-order valence-corrected chi connectivity index (χ0v) is 11.3. The average Bonchev–Trinajstić information content (AvgIpc) is 2.47. The second kappa shape index (κ2) is 5.84. The van der Waals surface area contributed by atoms with E-state index in [0.717, 1.165) is 6.54 Å². The van der Waals surface area contributed by atoms with Crippen molar-refractivity contribution in [1.82, 2.24) is 10.2 Å². The number of aliphatic hydroxyl groups is 1. The molecule has 5 heteroatoms. The van der Waals surface area contributed by atoms with Crippen LogP contribution in [-0.2, 0) is 4.79 Å². The van der Waals surface area contributed by atoms with Crippen LogP contribution in [0.5, 0.6) is 0 Å². The maximum atomic E-state index is 11.9. The summed E-state index contributed by atoms with van der Waals surface area (Å²) in [6.45, 7) is 7.58. The predicted octanol–water partition coefficient (Wildman–Crippen LogP) is 0.635. The minimum Gasteiger partial charge on any atom is -0.392 e. The molecule has 1 fully saturated rings. The first-order valence-electron chi connectivity index (χ1n) is 5.46. The Kier molecular flexibility index (Phi) is 5.73. The van der Waals surface area contributed by atoms with Crippen molar-refractivity contribution in [3.8, 4) is 0 Å². The van der Waals surface area contributed by atoms with Crippen LogP contribution < -0.4 is 5.32 Å². The molecule has 0 saturated carbocycles. The molecule has 1 amide bonds. The Labute approximate surface area is 104 Å². The number of nitrogens with one attached hydrogen (secondary N) is 1. The van der Waals surface area contributed by atoms with Crippen LogP contribution in [0.4, 0.5) is 0 Å². The van der Waals surface area contributed by atoms with Gasteiger partial charge >= 0.3 is 0 Å². The topological polar surface area (TPSA) is 52.6 Å². The number of hydrogen-bond donors (Lipinski definition) is 2. The smallest absolute Gasteiger partial charge is 0.239 e. The second-order valence-corrected chi connectivity index (χ2v) is 5.61. The van der Waals surface area contributed by atoms with Crippen LogP contribution in [0.1, 0.15) is 27.2 Å². The number of carbonyl (C=O) groups excluding carboxylic acids is 1. The molecule has 0 aromatic heterocycles. The highest BCUT2D eigenvalue weighted by Crippen LogP contribution is 2.16. The number of rotatable bonds is 2. The lowest BCUT2D eigenvalue weighted by Gasteiger charge is -2.28. The summed E-state index contributed by atoms with van der Waals surface area (Å²) in [5.41, 5.74) is 0.113. The molecule has 0 aromatic rings. The second-order valence-electron chi connectivity index (χ2n) is 5.61. The van der Waals surface area contributed by atoms with Gasteiger partial charge in [0, 0.05) is 20.1 Å². The number of carbonyl (C=O) groups is 1. The minimum atomic E-state index is -0.373. The molecule has 1 heterocycles. The number of amides is 1. The Morgan fingerprint density at radius 3 is 2.44 bits per heavy atom. The van der Waals surface area contributed by atoms with Crippen molar-refractivity contribution in [1.29, 1.82) is 0 Å². The fraction of sp³-hybridized carbons (Fsp3) is 0.909. The van der Waals surface area contributed by atoms with Gasteiger partial charge in [0.05, 0.1) is 12.1 Å². The molecule has 2 N–H and O–H groups in total. The van der Waals surface area contributed by atoms with Crippen molar-refractivity contribution in [3.05, 3.63) is 0 Å². The van der Waals surface area contributed by atoms with E-state index in [1.165, 1.54) is 0 Å². The van der Waals surface area contributed by atoms with Crippen molar-refractivity contribution >= 4 is 18.3 Å². The van der Waals surface area contributed by atoms with E-state index in [9.17, 15) is 9.90 Å². The summed E-state index contributed by atoms with van der Waals surface area (Å²) in [7, 11) is 1.82. The average molecular weight is 251 g/mol. The van der Waals surface area contributed by atoms with E-state index in [1.807, 2.05) is 7.05 Å². The van der Waals surface area contributed by atoms with Gasteiger partial charge in [0.15, 0.2) is 0 Å². The highest BCUT2D eigenvalue weighted by atomic mass is 35.5. The van der Waals surface area contributed by atoms with Crippen LogP contribution in [0.3, 0.4) is 0 Å². The molecule has 96 valence electrons. The molecule has 1 aliphatic heterocycles. The highest BCUT2D eigenvalue weighted by molar-refractivity contribution is 5.85. The van der Waals surface area contributed by atoms with Gasteiger partial charge in [-0.3, -0.25) is 4.79 Å². The van der Waals surface area contributed by atoms with E-state index >= 15 is 0 Å². The number of nitrogens with zero attached hydrogens (tertiary/aromatic N) is 1. The van der Waals surface area contributed by atoms with Crippen LogP contribution in [0.15, 0.2) is 0 Å². The van der Waals surface area contributed by atoms with Crippen molar-refractivity contribution in [2.75, 3.05) is 20.1 Å². The molecule has 1 saturated heterocycles. The van der Waals surface area contributed by atoms with E-state index in [0.29, 0.717) is 13.0 Å². The Morgan fingerprint density at radius 1 is 1.50 bits per heavy atom. The first kappa shape index (κ1) is 15.7. The van der Waals surface area contributed by atoms with Crippen LogP contribution in [0.2, 0.25) is 0 Å². The molecule has 0 aliphatic carbocycles. The van der Waals surface area contributed by atoms with Crippen molar-refractivity contribution in [3.63, 3.8) is 0 Å². The first-order chi connectivity index (χ1) is 6.79. The maximum Gasteiger partial charge on any atom is 0.239 e. The van der Waals surface area contributed by atoms with Gasteiger partial charge in [0.1, 0.15) is 0 Å². The van der Waals surface area contributed by atoms with Gasteiger partial charge in [-0.15, -0.1) is 12.4 Å². The molecule has 4 nitrogen and oxygen atoms in total. The molecule has 0 spiro atoms. The Morgan fingerprint density at radius 2 is 2.06 bits per heavy atom. The number of β-amino-alcohol motifs (C(OH)–C–C–N with tert-alkyl or cyclic N) is 1. The van der Waals surface area contributed by atoms with Gasteiger partial charge in [0.2, 0.25) is 5.91 Å². The normalized spacial score (nSPS) is 25.1. The van der Waals surface area contributed by atoms with Crippen LogP contribution in [0, 0.1) is 5.41 Å². The summed E-state index contributed by atoms with van der Waals surface area (Å²) in [5, 5.41) is 12.4. The molecule has 0 aromatic carbocycles. The quantitative estimate of drug-likeness (QED) is 0.756. The summed E-state index contributed by atoms with van der Waals surface area (Å²) < 4.78 is 0. The van der Waals surface area contributed by atoms with Crippen LogP contribution in [0.25, 0.3) is 0 Å². The number of aliphatic hydroxyl groups excluding tert-OH is 1. The lowest BCUT2D eigenvalue weighted by molar-refractivity contribution is -0.133. The fourth-order valence-electron chi connectivity index (χ4n) is 1.96. The fourth-order valence-corrected chi connectivity index (χ4v) is 1.96. The zero-order chi connectivity index (χ0) is 11.6. The molecule has 16 heavy (non-hydrogen) atoms. The molecule has 0 bridgehead atoms. The standard InChI is InChI=1S/C11H22N2O2.ClH/c1-11(2,3)7-13(4)10(15)9-5-8(14)6-12-9;/h8-9,12,14H,5-7H2,1-4H3;1H/t8-,9+;/m0./s1. The highest BCUT2D eigenvalue weighted by Gasteiger charge is 2.31. The minimum absolute atomic E-state index is 0. The first-order valence-corrected chi connectivity index (χ1v) is 5.46. The van der Waals surface area contributed by atoms with Gasteiger partial charge in [-0.25, -0.2) is 0 Å². The van der Waals surface area contributed by atoms with E-state index in [-0.39, 0.29) is 35.9 Å². The van der Waals surface area contributed by atoms with Crippen molar-refractivity contribution < 1.29 is 9.90 Å². The van der Waals surface area contributed by atoms with E-state index in [4.69, 9.17) is 0 Å². The van der Waals surface area contributed by atoms with Crippen molar-refractivity contribution in [2.24, 2.45) is 5.41 Å². The number of halogens is 1. The largest absolute Gasteiger partial charge is 0.392 e. The molecular formula is C11H23ClN2O2. The SMILES string of the molecule is CN(CC(C)(C)C)C(=O)[C@H]1C[C@H](O)CN1.Cl. The third kappa shape index (κ3) is 4.68. The predicted molar refractivity (Wildman–Crippen MR) is 66.8 cm³/mol. The van der Waals surface area contributed by atoms with E-state index in [1.54, 1.807) is 4.90 Å². The monoisotopic (exact) mass is 250 g/mol. The van der Waals surface area contributed by atoms with Gasteiger partial charge in [-0.05, 0) is 11.8 Å². The number of hydrogen-bond acceptors (Lipinski definition) is 3. The third-order valence-electron chi connectivity index (χ3n) is 2.49. The summed E-state index contributed by atoms with van der Waals surface area (Å²) in [6.07, 6.45) is 0.162. The zero-order valence-electron chi connectivity index (χ0n) is 10.5. The molecular weight excluding hydrogens is 228 g/mol. The van der Waals surface area contributed by atoms with E-state index < -0.39 is 0 Å². The maximum absolute atomic E-state index is 11.9. The summed E-state index contributed by atoms with van der Waals surface area (Å²) in [6, 6.07) is -0.202. The Balaban J connectivity index is 0.00000225. The lowest BCUT2D eigenvalue weighted by Crippen LogP contribution is -2.44. The lowest BCUT2D eigenvalue weighted by atomic mass is 9.96. The van der Waals surface area contributed by atoms with Crippen molar-refractivity contribution in [2.45, 2.75) is 39.3 Å². The van der Waals surface area contributed by atoms with Crippen LogP contribution >= 0.6 is 12.4 Å². The Hall–Kier alpha value is -0.320. The molecule has 1 aliphatic rings. The summed E-state index contributed by atoms with van der Waals surface area (Å²) in [5.74, 6) is 0.0847. The van der Waals surface area contributed by atoms with Gasteiger partial charge in [-0.2, -0.15) is 0 Å². The summed E-state index contributed by atoms with van der Waals surface area (Å²) in [4.78, 5) is 13.7. The summed E-state index contributed by atoms with van der Waals surface area (Å²) >= 11 is 0.